The molecule has 0 radical (unpaired) electrons. The number of amides is 3. The Balaban J connectivity index is 1.49. The maximum absolute atomic E-state index is 12.8. The van der Waals surface area contributed by atoms with Crippen LogP contribution in [0.2, 0.25) is 0 Å². The van der Waals surface area contributed by atoms with Crippen LogP contribution in [-0.4, -0.2) is 91.1 Å². The maximum atomic E-state index is 12.8. The number of piperazine rings is 2. The van der Waals surface area contributed by atoms with E-state index in [2.05, 4.69) is 22.3 Å². The lowest BCUT2D eigenvalue weighted by molar-refractivity contribution is -0.139. The lowest BCUT2D eigenvalue weighted by Gasteiger charge is -2.38. The fourth-order valence-electron chi connectivity index (χ4n) is 4.03. The molecule has 1 N–H and O–H groups in total. The van der Waals surface area contributed by atoms with Gasteiger partial charge in [0.2, 0.25) is 11.8 Å². The minimum absolute atomic E-state index is 0.0337. The Bertz CT molecular complexity index is 719. The molecule has 0 aromatic heterocycles. The van der Waals surface area contributed by atoms with Gasteiger partial charge >= 0.3 is 6.09 Å². The van der Waals surface area contributed by atoms with E-state index in [1.807, 2.05) is 18.2 Å². The highest BCUT2D eigenvalue weighted by molar-refractivity contribution is 5.89. The first kappa shape index (κ1) is 22.1. The Kier molecular flexibility index (Phi) is 8.07. The Labute approximate surface area is 178 Å². The Morgan fingerprint density at radius 2 is 1.77 bits per heavy atom. The molecule has 0 saturated carbocycles. The van der Waals surface area contributed by atoms with Gasteiger partial charge in [0.05, 0.1) is 19.1 Å². The van der Waals surface area contributed by atoms with E-state index in [-0.39, 0.29) is 24.3 Å². The van der Waals surface area contributed by atoms with E-state index in [4.69, 9.17) is 4.74 Å². The highest BCUT2D eigenvalue weighted by Crippen LogP contribution is 2.14. The van der Waals surface area contributed by atoms with Crippen LogP contribution < -0.4 is 5.32 Å². The summed E-state index contributed by atoms with van der Waals surface area (Å²) in [5.74, 6) is -0.104. The quantitative estimate of drug-likeness (QED) is 0.720. The van der Waals surface area contributed by atoms with Crippen molar-refractivity contribution in [3.63, 3.8) is 0 Å². The molecular formula is C22H32N4O4. The highest BCUT2D eigenvalue weighted by atomic mass is 16.6. The van der Waals surface area contributed by atoms with E-state index in [0.717, 1.165) is 25.9 Å². The lowest BCUT2D eigenvalue weighted by atomic mass is 10.1. The van der Waals surface area contributed by atoms with E-state index in [1.165, 1.54) is 5.56 Å². The zero-order chi connectivity index (χ0) is 21.3. The van der Waals surface area contributed by atoms with Crippen LogP contribution >= 0.6 is 0 Å². The molecule has 2 saturated heterocycles. The van der Waals surface area contributed by atoms with Gasteiger partial charge in [-0.05, 0) is 31.9 Å². The fraction of sp³-hybridized carbons (Fsp3) is 0.591. The number of hydrogen-bond acceptors (Lipinski definition) is 5. The zero-order valence-electron chi connectivity index (χ0n) is 17.7. The van der Waals surface area contributed by atoms with Crippen LogP contribution in [0.3, 0.4) is 0 Å². The molecule has 8 nitrogen and oxygen atoms in total. The molecule has 2 aliphatic heterocycles. The van der Waals surface area contributed by atoms with Crippen molar-refractivity contribution in [2.75, 3.05) is 52.4 Å². The lowest BCUT2D eigenvalue weighted by Crippen LogP contribution is -2.58. The molecule has 0 unspecified atom stereocenters. The molecule has 1 aromatic carbocycles. The summed E-state index contributed by atoms with van der Waals surface area (Å²) in [6, 6.07) is 9.87. The van der Waals surface area contributed by atoms with Crippen LogP contribution in [0.25, 0.3) is 0 Å². The summed E-state index contributed by atoms with van der Waals surface area (Å²) in [5, 5.41) is 2.89. The molecule has 30 heavy (non-hydrogen) atoms. The predicted octanol–water partition coefficient (Wildman–Crippen LogP) is 1.11. The van der Waals surface area contributed by atoms with Crippen molar-refractivity contribution in [1.29, 1.82) is 0 Å². The predicted molar refractivity (Wildman–Crippen MR) is 113 cm³/mol. The smallest absolute Gasteiger partial charge is 0.409 e. The van der Waals surface area contributed by atoms with Crippen LogP contribution in [0.5, 0.6) is 0 Å². The van der Waals surface area contributed by atoms with Gasteiger partial charge in [0.1, 0.15) is 0 Å². The van der Waals surface area contributed by atoms with E-state index in [0.29, 0.717) is 39.3 Å². The first-order valence-electron chi connectivity index (χ1n) is 10.8. The van der Waals surface area contributed by atoms with Gasteiger partial charge in [0, 0.05) is 39.3 Å². The number of carbonyl (C=O) groups is 3. The molecule has 3 rings (SSSR count). The third-order valence-electron chi connectivity index (χ3n) is 5.72. The van der Waals surface area contributed by atoms with Crippen LogP contribution in [0.1, 0.15) is 25.3 Å². The second kappa shape index (κ2) is 11.0. The number of carbonyl (C=O) groups excluding carboxylic acids is 3. The average molecular weight is 417 g/mol. The third-order valence-corrected chi connectivity index (χ3v) is 5.72. The van der Waals surface area contributed by atoms with E-state index >= 15 is 0 Å². The van der Waals surface area contributed by atoms with Crippen molar-refractivity contribution in [3.05, 3.63) is 35.9 Å². The van der Waals surface area contributed by atoms with Crippen molar-refractivity contribution >= 4 is 17.9 Å². The molecule has 164 valence electrons. The van der Waals surface area contributed by atoms with Crippen molar-refractivity contribution < 1.29 is 19.1 Å². The summed E-state index contributed by atoms with van der Waals surface area (Å²) < 4.78 is 5.02. The largest absolute Gasteiger partial charge is 0.450 e. The second-order valence-electron chi connectivity index (χ2n) is 7.70. The number of nitrogens with one attached hydrogen (secondary N) is 1. The fourth-order valence-corrected chi connectivity index (χ4v) is 4.03. The topological polar surface area (TPSA) is 82.2 Å². The minimum Gasteiger partial charge on any atom is -0.450 e. The molecular weight excluding hydrogens is 384 g/mol. The molecule has 1 aromatic rings. The summed E-state index contributed by atoms with van der Waals surface area (Å²) in [6.45, 7) is 6.15. The molecule has 8 heteroatoms. The number of hydrogen-bond donors (Lipinski definition) is 1. The number of aryl methyl sites for hydroxylation is 1. The van der Waals surface area contributed by atoms with Crippen LogP contribution in [0.15, 0.2) is 30.3 Å². The normalized spacial score (nSPS) is 20.0. The van der Waals surface area contributed by atoms with Gasteiger partial charge < -0.3 is 19.9 Å². The number of rotatable bonds is 7. The number of nitrogens with zero attached hydrogens (tertiary/aromatic N) is 3. The molecule has 2 aliphatic rings. The van der Waals surface area contributed by atoms with Crippen molar-refractivity contribution in [1.82, 2.24) is 20.0 Å². The van der Waals surface area contributed by atoms with Crippen LogP contribution in [-0.2, 0) is 20.7 Å². The average Bonchev–Trinajstić information content (AvgIpc) is 2.77. The summed E-state index contributed by atoms with van der Waals surface area (Å²) in [4.78, 5) is 42.6. The van der Waals surface area contributed by atoms with E-state index in [9.17, 15) is 14.4 Å². The summed E-state index contributed by atoms with van der Waals surface area (Å²) in [5.41, 5.74) is 1.28. The molecule has 0 bridgehead atoms. The zero-order valence-corrected chi connectivity index (χ0v) is 17.7. The Morgan fingerprint density at radius 1 is 1.07 bits per heavy atom. The van der Waals surface area contributed by atoms with Crippen LogP contribution in [0.4, 0.5) is 4.79 Å². The monoisotopic (exact) mass is 416 g/mol. The first-order chi connectivity index (χ1) is 14.6. The van der Waals surface area contributed by atoms with E-state index in [1.54, 1.807) is 16.7 Å². The molecule has 3 amide bonds. The summed E-state index contributed by atoms with van der Waals surface area (Å²) in [7, 11) is 0. The maximum Gasteiger partial charge on any atom is 0.409 e. The Morgan fingerprint density at radius 3 is 2.47 bits per heavy atom. The Hall–Kier alpha value is -2.61. The van der Waals surface area contributed by atoms with E-state index < -0.39 is 6.04 Å². The van der Waals surface area contributed by atoms with Gasteiger partial charge in [-0.15, -0.1) is 0 Å². The summed E-state index contributed by atoms with van der Waals surface area (Å²) in [6.07, 6.45) is 1.74. The molecule has 2 fully saturated rings. The van der Waals surface area contributed by atoms with Gasteiger partial charge in [0.15, 0.2) is 0 Å². The van der Waals surface area contributed by atoms with Crippen molar-refractivity contribution in [2.24, 2.45) is 0 Å². The summed E-state index contributed by atoms with van der Waals surface area (Å²) >= 11 is 0. The molecule has 2 heterocycles. The van der Waals surface area contributed by atoms with Gasteiger partial charge in [-0.3, -0.25) is 14.5 Å². The van der Waals surface area contributed by atoms with Crippen molar-refractivity contribution in [2.45, 2.75) is 32.2 Å². The number of ether oxygens (including phenoxy) is 1. The van der Waals surface area contributed by atoms with Gasteiger partial charge in [-0.25, -0.2) is 4.79 Å². The molecule has 0 aliphatic carbocycles. The first-order valence-corrected chi connectivity index (χ1v) is 10.8. The van der Waals surface area contributed by atoms with Gasteiger partial charge in [-0.1, -0.05) is 30.3 Å². The third kappa shape index (κ3) is 5.95. The minimum atomic E-state index is -0.426. The van der Waals surface area contributed by atoms with Crippen LogP contribution in [0, 0.1) is 0 Å². The molecule has 1 atom stereocenters. The highest BCUT2D eigenvalue weighted by Gasteiger charge is 2.33. The molecule has 0 spiro atoms. The second-order valence-corrected chi connectivity index (χ2v) is 7.70. The number of benzene rings is 1. The van der Waals surface area contributed by atoms with Gasteiger partial charge in [0.25, 0.3) is 0 Å². The SMILES string of the molecule is CCOC(=O)N1CCN(C(=O)C[C@@H]2C(=O)NCCN2CCCc2ccccc2)CC1. The van der Waals surface area contributed by atoms with Crippen molar-refractivity contribution in [3.8, 4) is 0 Å². The standard InChI is InChI=1S/C22H32N4O4/c1-2-30-22(29)26-15-13-25(14-16-26)20(27)17-19-21(28)23-10-12-24(19)11-6-9-18-7-4-3-5-8-18/h3-5,7-8,19H,2,6,9-17H2,1H3,(H,23,28)/t19-/m1/s1. The van der Waals surface area contributed by atoms with Gasteiger partial charge in [-0.2, -0.15) is 0 Å².